The average molecular weight is 500 g/mol. The third-order valence-corrected chi connectivity index (χ3v) is 6.08. The van der Waals surface area contributed by atoms with Gasteiger partial charge in [-0.2, -0.15) is 0 Å². The lowest BCUT2D eigenvalue weighted by atomic mass is 9.88. The third-order valence-electron chi connectivity index (χ3n) is 6.08. The van der Waals surface area contributed by atoms with Crippen molar-refractivity contribution in [3.63, 3.8) is 0 Å². The minimum Gasteiger partial charge on any atom is -0.508 e. The number of phenolic OH excluding ortho intramolecular Hbond substituents is 1. The Morgan fingerprint density at radius 1 is 0.811 bits per heavy atom. The molecule has 0 aliphatic carbocycles. The van der Waals surface area contributed by atoms with E-state index in [1.165, 1.54) is 31.2 Å². The van der Waals surface area contributed by atoms with E-state index in [0.29, 0.717) is 0 Å². The number of aromatic carboxylic acids is 1. The van der Waals surface area contributed by atoms with Gasteiger partial charge in [-0.25, -0.2) is 4.79 Å². The van der Waals surface area contributed by atoms with Gasteiger partial charge in [-0.05, 0) is 50.2 Å². The number of phenols is 2. The first kappa shape index (κ1) is 23.5. The number of benzene rings is 3. The fraction of sp³-hybridized carbons (Fsp3) is 0.0741. The van der Waals surface area contributed by atoms with E-state index >= 15 is 0 Å². The van der Waals surface area contributed by atoms with Crippen LogP contribution in [-0.4, -0.2) is 32.9 Å². The Morgan fingerprint density at radius 2 is 1.51 bits per heavy atom. The van der Waals surface area contributed by atoms with E-state index in [1.54, 1.807) is 0 Å². The molecule has 10 nitrogen and oxygen atoms in total. The fourth-order valence-electron chi connectivity index (χ4n) is 4.47. The molecule has 37 heavy (non-hydrogen) atoms. The Kier molecular flexibility index (Phi) is 5.18. The van der Waals surface area contributed by atoms with Gasteiger partial charge in [0.25, 0.3) is 0 Å². The number of hydrogen-bond acceptors (Lipinski definition) is 9. The molecule has 0 unspecified atom stereocenters. The Bertz CT molecular complexity index is 1970. The summed E-state index contributed by atoms with van der Waals surface area (Å²) in [6.07, 6.45) is 1.07. The number of ketones is 2. The summed E-state index contributed by atoms with van der Waals surface area (Å²) in [6.45, 7) is 2.32. The van der Waals surface area contributed by atoms with Crippen LogP contribution in [0.15, 0.2) is 61.1 Å². The molecule has 184 valence electrons. The van der Waals surface area contributed by atoms with Gasteiger partial charge < -0.3 is 24.2 Å². The topological polar surface area (TPSA) is 172 Å². The normalized spacial score (nSPS) is 11.3. The fourth-order valence-corrected chi connectivity index (χ4v) is 4.47. The SMILES string of the molecule is CC(=O)c1cc2c(=O)c3c(C(=O)O)c(O)ccc3oc2c(C(C)=O)c1-c1coc2ccc(O)cc2c1=O. The van der Waals surface area contributed by atoms with E-state index in [-0.39, 0.29) is 55.5 Å². The van der Waals surface area contributed by atoms with Crippen molar-refractivity contribution in [3.05, 3.63) is 79.8 Å². The number of carbonyl (C=O) groups excluding carboxylic acids is 2. The number of hydrogen-bond donors (Lipinski definition) is 3. The lowest BCUT2D eigenvalue weighted by Gasteiger charge is -2.15. The van der Waals surface area contributed by atoms with Crippen LogP contribution in [0.25, 0.3) is 44.0 Å². The summed E-state index contributed by atoms with van der Waals surface area (Å²) in [5, 5.41) is 28.7. The van der Waals surface area contributed by atoms with Gasteiger partial charge in [-0.15, -0.1) is 0 Å². The van der Waals surface area contributed by atoms with Gasteiger partial charge in [0.05, 0.1) is 27.3 Å². The highest BCUT2D eigenvalue weighted by Gasteiger charge is 2.28. The van der Waals surface area contributed by atoms with Gasteiger partial charge in [-0.3, -0.25) is 19.2 Å². The summed E-state index contributed by atoms with van der Waals surface area (Å²) in [4.78, 5) is 64.4. The Morgan fingerprint density at radius 3 is 2.16 bits per heavy atom. The molecule has 3 N–H and O–H groups in total. The van der Waals surface area contributed by atoms with Crippen molar-refractivity contribution in [3.8, 4) is 22.6 Å². The van der Waals surface area contributed by atoms with Crippen molar-refractivity contribution in [1.82, 2.24) is 0 Å². The van der Waals surface area contributed by atoms with Crippen molar-refractivity contribution in [2.75, 3.05) is 0 Å². The molecule has 0 radical (unpaired) electrons. The van der Waals surface area contributed by atoms with Crippen molar-refractivity contribution in [2.24, 2.45) is 0 Å². The van der Waals surface area contributed by atoms with Crippen LogP contribution in [0.1, 0.15) is 44.9 Å². The summed E-state index contributed by atoms with van der Waals surface area (Å²) < 4.78 is 11.4. The van der Waals surface area contributed by atoms with Crippen LogP contribution in [0.3, 0.4) is 0 Å². The maximum atomic E-state index is 13.5. The molecule has 0 bridgehead atoms. The second kappa shape index (κ2) is 8.16. The number of aromatic hydroxyl groups is 2. The van der Waals surface area contributed by atoms with Crippen LogP contribution in [0.4, 0.5) is 0 Å². The number of rotatable bonds is 4. The van der Waals surface area contributed by atoms with Gasteiger partial charge in [0.1, 0.15) is 40.1 Å². The Labute approximate surface area is 205 Å². The quantitative estimate of drug-likeness (QED) is 0.239. The first-order valence-corrected chi connectivity index (χ1v) is 10.8. The van der Waals surface area contributed by atoms with E-state index in [4.69, 9.17) is 8.83 Å². The predicted molar refractivity (Wildman–Crippen MR) is 132 cm³/mol. The lowest BCUT2D eigenvalue weighted by molar-refractivity contribution is 0.0695. The van der Waals surface area contributed by atoms with Crippen LogP contribution >= 0.6 is 0 Å². The molecule has 2 heterocycles. The van der Waals surface area contributed by atoms with E-state index in [9.17, 15) is 39.3 Å². The molecule has 5 aromatic rings. The minimum atomic E-state index is -1.58. The third kappa shape index (κ3) is 3.46. The molecule has 0 saturated carbocycles. The van der Waals surface area contributed by atoms with Crippen molar-refractivity contribution in [1.29, 1.82) is 0 Å². The largest absolute Gasteiger partial charge is 0.508 e. The number of carbonyl (C=O) groups is 3. The molecule has 0 fully saturated rings. The van der Waals surface area contributed by atoms with Crippen LogP contribution in [0.5, 0.6) is 11.5 Å². The smallest absolute Gasteiger partial charge is 0.340 e. The van der Waals surface area contributed by atoms with Gasteiger partial charge in [-0.1, -0.05) is 0 Å². The molecule has 0 aliphatic rings. The zero-order chi connectivity index (χ0) is 26.8. The molecule has 10 heteroatoms. The zero-order valence-corrected chi connectivity index (χ0v) is 19.2. The second-order valence-corrected chi connectivity index (χ2v) is 8.39. The maximum absolute atomic E-state index is 13.5. The molecule has 0 aliphatic heterocycles. The highest BCUT2D eigenvalue weighted by molar-refractivity contribution is 6.18. The molecule has 0 atom stereocenters. The zero-order valence-electron chi connectivity index (χ0n) is 19.2. The molecular formula is C27H16O10. The van der Waals surface area contributed by atoms with E-state index in [0.717, 1.165) is 25.3 Å². The van der Waals surface area contributed by atoms with E-state index < -0.39 is 45.1 Å². The molecular weight excluding hydrogens is 484 g/mol. The molecule has 0 saturated heterocycles. The lowest BCUT2D eigenvalue weighted by Crippen LogP contribution is -2.15. The number of fused-ring (bicyclic) bond motifs is 3. The van der Waals surface area contributed by atoms with Gasteiger partial charge in [0.15, 0.2) is 11.6 Å². The summed E-state index contributed by atoms with van der Waals surface area (Å²) in [7, 11) is 0. The molecule has 3 aromatic carbocycles. The van der Waals surface area contributed by atoms with Crippen LogP contribution in [0.2, 0.25) is 0 Å². The monoisotopic (exact) mass is 500 g/mol. The summed E-state index contributed by atoms with van der Waals surface area (Å²) in [6, 6.07) is 7.21. The average Bonchev–Trinajstić information content (AvgIpc) is 2.83. The van der Waals surface area contributed by atoms with Crippen molar-refractivity contribution < 1.29 is 38.5 Å². The molecule has 0 amide bonds. The summed E-state index contributed by atoms with van der Waals surface area (Å²) in [5.74, 6) is -3.72. The van der Waals surface area contributed by atoms with Crippen molar-refractivity contribution >= 4 is 50.4 Å². The number of Topliss-reactive ketones (excluding diaryl/α,β-unsaturated/α-hetero) is 2. The predicted octanol–water partition coefficient (Wildman–Crippen LogP) is 4.23. The Hall–Kier alpha value is -5.25. The molecule has 0 spiro atoms. The maximum Gasteiger partial charge on any atom is 0.340 e. The van der Waals surface area contributed by atoms with E-state index in [2.05, 4.69) is 0 Å². The van der Waals surface area contributed by atoms with Gasteiger partial charge in [0.2, 0.25) is 10.9 Å². The summed E-state index contributed by atoms with van der Waals surface area (Å²) >= 11 is 0. The van der Waals surface area contributed by atoms with Crippen LogP contribution in [0, 0.1) is 0 Å². The molecule has 5 rings (SSSR count). The molecule has 2 aromatic heterocycles. The Balaban J connectivity index is 2.03. The number of carboxylic acid groups (broad SMARTS) is 1. The number of carboxylic acids is 1. The van der Waals surface area contributed by atoms with Crippen LogP contribution < -0.4 is 10.9 Å². The van der Waals surface area contributed by atoms with Crippen LogP contribution in [-0.2, 0) is 0 Å². The first-order valence-electron chi connectivity index (χ1n) is 10.8. The summed E-state index contributed by atoms with van der Waals surface area (Å²) in [5.41, 5.74) is -3.36. The van der Waals surface area contributed by atoms with Crippen molar-refractivity contribution in [2.45, 2.75) is 13.8 Å². The van der Waals surface area contributed by atoms with E-state index in [1.807, 2.05) is 0 Å². The highest BCUT2D eigenvalue weighted by atomic mass is 16.4. The standard InChI is InChI=1S/C27H16O10/c1-10(28)13-8-15-25(33)23-19(6-4-17(31)22(23)27(34)35)37-26(15)20(11(2)29)21(13)16-9-36-18-5-3-12(30)7-14(18)24(16)32/h3-9,30-31H,1-2H3,(H,34,35). The highest BCUT2D eigenvalue weighted by Crippen LogP contribution is 2.36. The van der Waals surface area contributed by atoms with Gasteiger partial charge in [0, 0.05) is 11.1 Å². The minimum absolute atomic E-state index is 0.0110. The first-order chi connectivity index (χ1) is 17.5. The second-order valence-electron chi connectivity index (χ2n) is 8.39. The van der Waals surface area contributed by atoms with Gasteiger partial charge >= 0.3 is 5.97 Å².